The van der Waals surface area contributed by atoms with Crippen LogP contribution in [0.1, 0.15) is 30.0 Å². The van der Waals surface area contributed by atoms with E-state index >= 15 is 0 Å². The van der Waals surface area contributed by atoms with E-state index in [1.807, 2.05) is 0 Å². The summed E-state index contributed by atoms with van der Waals surface area (Å²) in [6, 6.07) is 1.71. The van der Waals surface area contributed by atoms with Crippen LogP contribution >= 0.6 is 0 Å². The molecular formula is C9H10N2O. The van der Waals surface area contributed by atoms with E-state index in [0.717, 1.165) is 18.0 Å². The molecule has 1 fully saturated rings. The smallest absolute Gasteiger partial charge is 0.264 e. The molecule has 62 valence electrons. The first-order chi connectivity index (χ1) is 5.84. The van der Waals surface area contributed by atoms with Gasteiger partial charge in [-0.1, -0.05) is 0 Å². The first-order valence-corrected chi connectivity index (χ1v) is 4.43. The van der Waals surface area contributed by atoms with E-state index < -0.39 is 0 Å². The number of fused-ring (bicyclic) bond motifs is 3. The minimum absolute atomic E-state index is 0.0622. The van der Waals surface area contributed by atoms with Gasteiger partial charge in [-0.05, 0) is 30.7 Å². The molecule has 2 unspecified atom stereocenters. The van der Waals surface area contributed by atoms with Crippen molar-refractivity contribution >= 4 is 0 Å². The van der Waals surface area contributed by atoms with E-state index in [0.29, 0.717) is 5.92 Å². The second kappa shape index (κ2) is 1.97. The maximum Gasteiger partial charge on any atom is 0.264 e. The van der Waals surface area contributed by atoms with Crippen LogP contribution in [0.5, 0.6) is 0 Å². The monoisotopic (exact) mass is 162 g/mol. The molecule has 2 atom stereocenters. The lowest BCUT2D eigenvalue weighted by Crippen LogP contribution is -2.14. The lowest BCUT2D eigenvalue weighted by atomic mass is 9.97. The van der Waals surface area contributed by atoms with Crippen molar-refractivity contribution in [1.29, 1.82) is 0 Å². The Balaban J connectivity index is 2.18. The zero-order valence-corrected chi connectivity index (χ0v) is 6.71. The van der Waals surface area contributed by atoms with E-state index in [1.165, 1.54) is 18.4 Å². The highest BCUT2D eigenvalue weighted by atomic mass is 16.1. The van der Waals surface area contributed by atoms with Crippen molar-refractivity contribution in [2.75, 3.05) is 0 Å². The summed E-state index contributed by atoms with van der Waals surface area (Å²) in [5.74, 6) is 1.54. The Hall–Kier alpha value is -1.12. The summed E-state index contributed by atoms with van der Waals surface area (Å²) in [4.78, 5) is 10.9. The fraction of sp³-hybridized carbons (Fsp3) is 0.556. The van der Waals surface area contributed by atoms with Crippen LogP contribution in [0.2, 0.25) is 0 Å². The molecule has 0 amide bonds. The Morgan fingerprint density at radius 3 is 3.42 bits per heavy atom. The SMILES string of the molecule is O=c1cc2c(n[nH]1)C1CC1CC2. The van der Waals surface area contributed by atoms with Gasteiger partial charge in [-0.25, -0.2) is 5.10 Å². The predicted octanol–water partition coefficient (Wildman–Crippen LogP) is 0.820. The van der Waals surface area contributed by atoms with Crippen LogP contribution in [0.3, 0.4) is 0 Å². The van der Waals surface area contributed by atoms with Gasteiger partial charge in [-0.2, -0.15) is 5.10 Å². The van der Waals surface area contributed by atoms with Crippen molar-refractivity contribution in [2.24, 2.45) is 5.92 Å². The van der Waals surface area contributed by atoms with Crippen molar-refractivity contribution < 1.29 is 0 Å². The summed E-state index contributed by atoms with van der Waals surface area (Å²) in [5.41, 5.74) is 2.27. The third kappa shape index (κ3) is 0.763. The van der Waals surface area contributed by atoms with Crippen LogP contribution in [-0.4, -0.2) is 10.2 Å². The Kier molecular flexibility index (Phi) is 1.05. The van der Waals surface area contributed by atoms with Crippen LogP contribution < -0.4 is 5.56 Å². The Bertz CT molecular complexity index is 382. The summed E-state index contributed by atoms with van der Waals surface area (Å²) in [6.07, 6.45) is 3.59. The second-order valence-electron chi connectivity index (χ2n) is 3.78. The zero-order chi connectivity index (χ0) is 8.13. The van der Waals surface area contributed by atoms with E-state index in [-0.39, 0.29) is 5.56 Å². The largest absolute Gasteiger partial charge is 0.268 e. The summed E-state index contributed by atoms with van der Waals surface area (Å²) in [5, 5.41) is 6.61. The molecule has 0 radical (unpaired) electrons. The van der Waals surface area contributed by atoms with Gasteiger partial charge in [0.05, 0.1) is 5.69 Å². The molecular weight excluding hydrogens is 152 g/mol. The molecule has 1 aromatic heterocycles. The molecule has 1 N–H and O–H groups in total. The van der Waals surface area contributed by atoms with Gasteiger partial charge in [0.2, 0.25) is 0 Å². The summed E-state index contributed by atoms with van der Waals surface area (Å²) < 4.78 is 0. The van der Waals surface area contributed by atoms with E-state index in [4.69, 9.17) is 0 Å². The van der Waals surface area contributed by atoms with Crippen molar-refractivity contribution in [3.63, 3.8) is 0 Å². The highest BCUT2D eigenvalue weighted by Gasteiger charge is 2.43. The zero-order valence-electron chi connectivity index (χ0n) is 6.71. The lowest BCUT2D eigenvalue weighted by Gasteiger charge is -2.11. The molecule has 0 aliphatic heterocycles. The fourth-order valence-corrected chi connectivity index (χ4v) is 2.22. The number of hydrogen-bond acceptors (Lipinski definition) is 2. The van der Waals surface area contributed by atoms with E-state index in [9.17, 15) is 4.79 Å². The van der Waals surface area contributed by atoms with Gasteiger partial charge in [0.25, 0.3) is 5.56 Å². The number of H-pyrrole nitrogens is 1. The number of aromatic nitrogens is 2. The van der Waals surface area contributed by atoms with E-state index in [2.05, 4.69) is 10.2 Å². The molecule has 2 aliphatic rings. The standard InChI is InChI=1S/C9H10N2O/c12-8-4-6-2-1-5-3-7(5)9(6)11-10-8/h4-5,7H,1-3H2,(H,10,12). The molecule has 1 heterocycles. The highest BCUT2D eigenvalue weighted by molar-refractivity contribution is 5.30. The molecule has 3 heteroatoms. The molecule has 0 aromatic carbocycles. The van der Waals surface area contributed by atoms with Gasteiger partial charge in [0.1, 0.15) is 0 Å². The maximum absolute atomic E-state index is 10.9. The Labute approximate surface area is 69.8 Å². The Morgan fingerprint density at radius 2 is 2.50 bits per heavy atom. The summed E-state index contributed by atoms with van der Waals surface area (Å²) in [7, 11) is 0. The molecule has 0 bridgehead atoms. The quantitative estimate of drug-likeness (QED) is 0.613. The van der Waals surface area contributed by atoms with Crippen molar-refractivity contribution in [3.8, 4) is 0 Å². The van der Waals surface area contributed by atoms with Gasteiger partial charge in [-0.15, -0.1) is 0 Å². The molecule has 3 rings (SSSR count). The van der Waals surface area contributed by atoms with Crippen LogP contribution in [0.4, 0.5) is 0 Å². The summed E-state index contributed by atoms with van der Waals surface area (Å²) >= 11 is 0. The molecule has 2 aliphatic carbocycles. The highest BCUT2D eigenvalue weighted by Crippen LogP contribution is 2.53. The lowest BCUT2D eigenvalue weighted by molar-refractivity contribution is 0.642. The third-order valence-corrected chi connectivity index (χ3v) is 2.98. The first-order valence-electron chi connectivity index (χ1n) is 4.43. The average Bonchev–Trinajstić information content (AvgIpc) is 2.82. The van der Waals surface area contributed by atoms with Gasteiger partial charge in [0.15, 0.2) is 0 Å². The van der Waals surface area contributed by atoms with Crippen molar-refractivity contribution in [2.45, 2.75) is 25.2 Å². The number of hydrogen-bond donors (Lipinski definition) is 1. The second-order valence-corrected chi connectivity index (χ2v) is 3.78. The average molecular weight is 162 g/mol. The number of aromatic amines is 1. The number of nitrogens with one attached hydrogen (secondary N) is 1. The van der Waals surface area contributed by atoms with Gasteiger partial charge in [0, 0.05) is 12.0 Å². The maximum atomic E-state index is 10.9. The Morgan fingerprint density at radius 1 is 1.58 bits per heavy atom. The minimum atomic E-state index is -0.0622. The fourth-order valence-electron chi connectivity index (χ4n) is 2.22. The van der Waals surface area contributed by atoms with Crippen molar-refractivity contribution in [3.05, 3.63) is 27.7 Å². The molecule has 3 nitrogen and oxygen atoms in total. The first kappa shape index (κ1) is 6.40. The number of nitrogens with zero attached hydrogens (tertiary/aromatic N) is 1. The van der Waals surface area contributed by atoms with Crippen molar-refractivity contribution in [1.82, 2.24) is 10.2 Å². The minimum Gasteiger partial charge on any atom is -0.268 e. The molecule has 1 saturated carbocycles. The topological polar surface area (TPSA) is 45.8 Å². The van der Waals surface area contributed by atoms with Gasteiger partial charge >= 0.3 is 0 Å². The van der Waals surface area contributed by atoms with Crippen LogP contribution in [0, 0.1) is 5.92 Å². The van der Waals surface area contributed by atoms with Crippen LogP contribution in [0.25, 0.3) is 0 Å². The van der Waals surface area contributed by atoms with Gasteiger partial charge in [-0.3, -0.25) is 4.79 Å². The predicted molar refractivity (Wildman–Crippen MR) is 44.0 cm³/mol. The van der Waals surface area contributed by atoms with Crippen LogP contribution in [0.15, 0.2) is 10.9 Å². The molecule has 1 aromatic rings. The van der Waals surface area contributed by atoms with E-state index in [1.54, 1.807) is 6.07 Å². The number of rotatable bonds is 0. The molecule has 0 spiro atoms. The molecule has 12 heavy (non-hydrogen) atoms. The number of aryl methyl sites for hydroxylation is 1. The van der Waals surface area contributed by atoms with Gasteiger partial charge < -0.3 is 0 Å². The van der Waals surface area contributed by atoms with Crippen LogP contribution in [-0.2, 0) is 6.42 Å². The third-order valence-electron chi connectivity index (χ3n) is 2.98. The normalized spacial score (nSPS) is 30.7. The molecule has 0 saturated heterocycles. The summed E-state index contributed by atoms with van der Waals surface area (Å²) in [6.45, 7) is 0.